The third-order valence-electron chi connectivity index (χ3n) is 4.62. The average Bonchev–Trinajstić information content (AvgIpc) is 2.61. The number of carbonyl (C=O) groups is 4. The van der Waals surface area contributed by atoms with Crippen LogP contribution in [0.1, 0.15) is 57.8 Å². The van der Waals surface area contributed by atoms with Gasteiger partial charge in [0.1, 0.15) is 0 Å². The maximum Gasteiger partial charge on any atom is 0.331 e. The van der Waals surface area contributed by atoms with Gasteiger partial charge in [0.2, 0.25) is 0 Å². The van der Waals surface area contributed by atoms with Gasteiger partial charge < -0.3 is 33.1 Å². The Labute approximate surface area is 158 Å². The van der Waals surface area contributed by atoms with E-state index in [1.807, 2.05) is 0 Å². The van der Waals surface area contributed by atoms with Crippen molar-refractivity contribution in [2.45, 2.75) is 68.9 Å². The van der Waals surface area contributed by atoms with Crippen LogP contribution in [-0.4, -0.2) is 57.9 Å². The van der Waals surface area contributed by atoms with Gasteiger partial charge in [-0.25, -0.2) is 9.59 Å². The highest BCUT2D eigenvalue weighted by atomic mass is 16.4. The minimum absolute atomic E-state index is 0.0239. The molecular formula is C17H32N4O6. The van der Waals surface area contributed by atoms with Crippen LogP contribution in [-0.2, 0) is 19.2 Å². The van der Waals surface area contributed by atoms with E-state index in [4.69, 9.17) is 22.9 Å². The number of hydrogen-bond acceptors (Lipinski definition) is 8. The van der Waals surface area contributed by atoms with Crippen molar-refractivity contribution in [3.05, 3.63) is 0 Å². The van der Waals surface area contributed by atoms with Gasteiger partial charge in [0.15, 0.2) is 22.6 Å². The van der Waals surface area contributed by atoms with Crippen molar-refractivity contribution in [1.29, 1.82) is 0 Å². The summed E-state index contributed by atoms with van der Waals surface area (Å²) in [6.07, 6.45) is 1.20. The molecule has 0 aromatic heterocycles. The molecule has 0 amide bonds. The molecule has 0 aliphatic carbocycles. The van der Waals surface area contributed by atoms with Crippen LogP contribution in [0.15, 0.2) is 0 Å². The van der Waals surface area contributed by atoms with E-state index >= 15 is 0 Å². The minimum atomic E-state index is -2.04. The molecule has 10 nitrogen and oxygen atoms in total. The lowest BCUT2D eigenvalue weighted by Gasteiger charge is -2.24. The van der Waals surface area contributed by atoms with Gasteiger partial charge in [0.05, 0.1) is 0 Å². The van der Waals surface area contributed by atoms with Crippen LogP contribution >= 0.6 is 0 Å². The molecule has 0 rings (SSSR count). The third-order valence-corrected chi connectivity index (χ3v) is 4.62. The van der Waals surface area contributed by atoms with Crippen LogP contribution in [0.3, 0.4) is 0 Å². The summed E-state index contributed by atoms with van der Waals surface area (Å²) < 4.78 is 0. The van der Waals surface area contributed by atoms with Gasteiger partial charge in [-0.3, -0.25) is 9.59 Å². The van der Waals surface area contributed by atoms with Crippen molar-refractivity contribution in [2.24, 2.45) is 22.9 Å². The van der Waals surface area contributed by atoms with Crippen molar-refractivity contribution < 1.29 is 29.4 Å². The maximum absolute atomic E-state index is 12.3. The number of aliphatic carboxylic acids is 2. The second-order valence-electron chi connectivity index (χ2n) is 6.74. The van der Waals surface area contributed by atoms with E-state index < -0.39 is 34.6 Å². The summed E-state index contributed by atoms with van der Waals surface area (Å²) in [5.74, 6) is -4.28. The number of ketones is 2. The fourth-order valence-corrected chi connectivity index (χ4v) is 2.68. The highest BCUT2D eigenvalue weighted by Crippen LogP contribution is 2.20. The number of rotatable bonds is 16. The standard InChI is InChI=1S/C17H32N4O6/c18-10-3-1-8-16(20,14(24)25)12(22)6-5-7-13(23)17(21,15(26)27)9-2-4-11-19/h1-11,18-21H2,(H,24,25)(H,26,27). The summed E-state index contributed by atoms with van der Waals surface area (Å²) in [6.45, 7) is 0.715. The van der Waals surface area contributed by atoms with E-state index in [-0.39, 0.29) is 32.1 Å². The molecule has 10 N–H and O–H groups in total. The summed E-state index contributed by atoms with van der Waals surface area (Å²) in [7, 11) is 0. The molecule has 0 aromatic carbocycles. The molecule has 0 spiro atoms. The molecule has 0 fully saturated rings. The fourth-order valence-electron chi connectivity index (χ4n) is 2.68. The zero-order chi connectivity index (χ0) is 21.1. The molecule has 2 atom stereocenters. The Morgan fingerprint density at radius 1 is 0.630 bits per heavy atom. The zero-order valence-electron chi connectivity index (χ0n) is 15.6. The minimum Gasteiger partial charge on any atom is -0.480 e. The molecule has 27 heavy (non-hydrogen) atoms. The van der Waals surface area contributed by atoms with Crippen LogP contribution < -0.4 is 22.9 Å². The predicted octanol–water partition coefficient (Wildman–Crippen LogP) is -0.883. The van der Waals surface area contributed by atoms with E-state index in [0.29, 0.717) is 38.8 Å². The Balaban J connectivity index is 4.80. The quantitative estimate of drug-likeness (QED) is 0.142. The number of carboxylic acids is 2. The fraction of sp³-hybridized carbons (Fsp3) is 0.765. The third kappa shape index (κ3) is 7.33. The number of carboxylic acid groups (broad SMARTS) is 2. The first-order chi connectivity index (χ1) is 12.6. The van der Waals surface area contributed by atoms with Crippen LogP contribution in [0, 0.1) is 0 Å². The second kappa shape index (κ2) is 11.8. The van der Waals surface area contributed by atoms with E-state index in [1.54, 1.807) is 0 Å². The van der Waals surface area contributed by atoms with Crippen LogP contribution in [0.4, 0.5) is 0 Å². The van der Waals surface area contributed by atoms with Crippen LogP contribution in [0.5, 0.6) is 0 Å². The summed E-state index contributed by atoms with van der Waals surface area (Å²) in [5.41, 5.74) is 18.1. The zero-order valence-corrected chi connectivity index (χ0v) is 15.6. The first kappa shape index (κ1) is 25.1. The van der Waals surface area contributed by atoms with Crippen LogP contribution in [0.25, 0.3) is 0 Å². The average molecular weight is 388 g/mol. The van der Waals surface area contributed by atoms with Gasteiger partial charge in [-0.1, -0.05) is 0 Å². The molecule has 0 saturated carbocycles. The monoisotopic (exact) mass is 388 g/mol. The SMILES string of the molecule is NCCCCC(N)(C(=O)O)C(=O)CCCC(=O)C(N)(CCCCN)C(=O)O. The molecule has 0 saturated heterocycles. The normalized spacial score (nSPS) is 15.6. The van der Waals surface area contributed by atoms with Crippen molar-refractivity contribution in [2.75, 3.05) is 13.1 Å². The summed E-state index contributed by atoms with van der Waals surface area (Å²) in [5, 5.41) is 18.6. The second-order valence-corrected chi connectivity index (χ2v) is 6.74. The molecular weight excluding hydrogens is 356 g/mol. The highest BCUT2D eigenvalue weighted by Gasteiger charge is 2.42. The van der Waals surface area contributed by atoms with Crippen LogP contribution in [0.2, 0.25) is 0 Å². The predicted molar refractivity (Wildman–Crippen MR) is 98.8 cm³/mol. The summed E-state index contributed by atoms with van der Waals surface area (Å²) >= 11 is 0. The summed E-state index contributed by atoms with van der Waals surface area (Å²) in [4.78, 5) is 47.3. The molecule has 0 aliphatic heterocycles. The maximum atomic E-state index is 12.3. The van der Waals surface area contributed by atoms with Gasteiger partial charge in [-0.15, -0.1) is 0 Å². The van der Waals surface area contributed by atoms with E-state index in [1.165, 1.54) is 0 Å². The first-order valence-electron chi connectivity index (χ1n) is 9.07. The number of nitrogens with two attached hydrogens (primary N) is 4. The first-order valence-corrected chi connectivity index (χ1v) is 9.07. The molecule has 0 aromatic rings. The van der Waals surface area contributed by atoms with E-state index in [9.17, 15) is 29.4 Å². The Kier molecular flexibility index (Phi) is 10.9. The Morgan fingerprint density at radius 2 is 0.963 bits per heavy atom. The van der Waals surface area contributed by atoms with E-state index in [0.717, 1.165) is 0 Å². The lowest BCUT2D eigenvalue weighted by molar-refractivity contribution is -0.149. The Bertz CT molecular complexity index is 496. The van der Waals surface area contributed by atoms with Gasteiger partial charge >= 0.3 is 11.9 Å². The lowest BCUT2D eigenvalue weighted by atomic mass is 9.84. The molecule has 0 bridgehead atoms. The molecule has 0 aliphatic rings. The lowest BCUT2D eigenvalue weighted by Crippen LogP contribution is -2.55. The largest absolute Gasteiger partial charge is 0.480 e. The van der Waals surface area contributed by atoms with Gasteiger partial charge in [0.25, 0.3) is 0 Å². The molecule has 2 unspecified atom stereocenters. The van der Waals surface area contributed by atoms with Gasteiger partial charge in [-0.2, -0.15) is 0 Å². The highest BCUT2D eigenvalue weighted by molar-refractivity contribution is 6.09. The number of hydrogen-bond donors (Lipinski definition) is 6. The molecule has 0 radical (unpaired) electrons. The number of Topliss-reactive ketones (excluding diaryl/α,β-unsaturated/α-hetero) is 2. The Hall–Kier alpha value is -1.88. The summed E-state index contributed by atoms with van der Waals surface area (Å²) in [6, 6.07) is 0. The van der Waals surface area contributed by atoms with Crippen molar-refractivity contribution >= 4 is 23.5 Å². The van der Waals surface area contributed by atoms with Crippen molar-refractivity contribution in [1.82, 2.24) is 0 Å². The molecule has 10 heteroatoms. The van der Waals surface area contributed by atoms with Gasteiger partial charge in [0, 0.05) is 12.8 Å². The Morgan fingerprint density at radius 3 is 1.22 bits per heavy atom. The molecule has 156 valence electrons. The van der Waals surface area contributed by atoms with Crippen molar-refractivity contribution in [3.63, 3.8) is 0 Å². The smallest absolute Gasteiger partial charge is 0.331 e. The molecule has 0 heterocycles. The number of carbonyl (C=O) groups excluding carboxylic acids is 2. The topological polar surface area (TPSA) is 213 Å². The number of unbranched alkanes of at least 4 members (excludes halogenated alkanes) is 2. The van der Waals surface area contributed by atoms with Crippen molar-refractivity contribution in [3.8, 4) is 0 Å². The van der Waals surface area contributed by atoms with Gasteiger partial charge in [-0.05, 0) is 58.0 Å². The van der Waals surface area contributed by atoms with E-state index in [2.05, 4.69) is 0 Å².